The quantitative estimate of drug-likeness (QED) is 0.672. The Hall–Kier alpha value is -1.39. The normalized spacial score (nSPS) is 17.6. The molecule has 0 heterocycles. The van der Waals surface area contributed by atoms with Crippen LogP contribution in [-0.4, -0.2) is 31.7 Å². The van der Waals surface area contributed by atoms with Crippen LogP contribution in [-0.2, 0) is 16.0 Å². The third-order valence-electron chi connectivity index (χ3n) is 4.09. The van der Waals surface area contributed by atoms with Gasteiger partial charge in [0.2, 0.25) is 5.91 Å². The van der Waals surface area contributed by atoms with E-state index in [-0.39, 0.29) is 5.91 Å². The van der Waals surface area contributed by atoms with Crippen molar-refractivity contribution in [3.05, 3.63) is 35.9 Å². The molecule has 110 valence electrons. The minimum absolute atomic E-state index is 0.300. The number of primary amides is 1. The van der Waals surface area contributed by atoms with Gasteiger partial charge in [0.15, 0.2) is 0 Å². The van der Waals surface area contributed by atoms with Crippen molar-refractivity contribution in [2.24, 2.45) is 11.7 Å². The topological polar surface area (TPSA) is 64.3 Å². The van der Waals surface area contributed by atoms with Crippen molar-refractivity contribution < 1.29 is 9.53 Å². The largest absolute Gasteiger partial charge is 0.379 e. The first-order chi connectivity index (χ1) is 9.69. The number of aryl methyl sites for hydroxylation is 1. The van der Waals surface area contributed by atoms with Crippen LogP contribution in [0, 0.1) is 5.92 Å². The summed E-state index contributed by atoms with van der Waals surface area (Å²) in [6, 6.07) is 10.3. The van der Waals surface area contributed by atoms with Crippen LogP contribution in [0.25, 0.3) is 0 Å². The summed E-state index contributed by atoms with van der Waals surface area (Å²) in [4.78, 5) is 11.7. The van der Waals surface area contributed by atoms with Crippen LogP contribution in [0.5, 0.6) is 0 Å². The molecule has 0 aromatic heterocycles. The molecule has 1 aliphatic rings. The van der Waals surface area contributed by atoms with Gasteiger partial charge in [0.1, 0.15) is 5.54 Å². The van der Waals surface area contributed by atoms with Crippen LogP contribution < -0.4 is 11.1 Å². The van der Waals surface area contributed by atoms with Crippen LogP contribution in [0.15, 0.2) is 30.3 Å². The SMILES string of the molecule is CNC(COCCCc1ccccc1)(C(N)=O)C1CC1. The average Bonchev–Trinajstić information content (AvgIpc) is 3.29. The highest BCUT2D eigenvalue weighted by Gasteiger charge is 2.49. The van der Waals surface area contributed by atoms with Crippen LogP contribution in [0.2, 0.25) is 0 Å². The molecule has 20 heavy (non-hydrogen) atoms. The van der Waals surface area contributed by atoms with Gasteiger partial charge in [-0.3, -0.25) is 4.79 Å². The lowest BCUT2D eigenvalue weighted by Crippen LogP contribution is -2.59. The number of rotatable bonds is 9. The van der Waals surface area contributed by atoms with Gasteiger partial charge in [-0.25, -0.2) is 0 Å². The molecule has 1 aromatic rings. The van der Waals surface area contributed by atoms with E-state index in [1.807, 2.05) is 18.2 Å². The molecule has 3 N–H and O–H groups in total. The van der Waals surface area contributed by atoms with Crippen molar-refractivity contribution in [2.45, 2.75) is 31.2 Å². The zero-order valence-electron chi connectivity index (χ0n) is 12.1. The minimum atomic E-state index is -0.674. The van der Waals surface area contributed by atoms with Crippen LogP contribution in [0.4, 0.5) is 0 Å². The third-order valence-corrected chi connectivity index (χ3v) is 4.09. The van der Waals surface area contributed by atoms with E-state index in [2.05, 4.69) is 17.4 Å². The Morgan fingerprint density at radius 2 is 2.10 bits per heavy atom. The summed E-state index contributed by atoms with van der Waals surface area (Å²) in [6.45, 7) is 1.02. The monoisotopic (exact) mass is 276 g/mol. The third kappa shape index (κ3) is 3.58. The number of benzene rings is 1. The van der Waals surface area contributed by atoms with Crippen LogP contribution >= 0.6 is 0 Å². The molecule has 0 radical (unpaired) electrons. The van der Waals surface area contributed by atoms with E-state index in [0.29, 0.717) is 19.1 Å². The number of ether oxygens (including phenoxy) is 1. The fourth-order valence-corrected chi connectivity index (χ4v) is 2.62. The van der Waals surface area contributed by atoms with Gasteiger partial charge in [0, 0.05) is 6.61 Å². The highest BCUT2D eigenvalue weighted by atomic mass is 16.5. The van der Waals surface area contributed by atoms with Gasteiger partial charge in [-0.15, -0.1) is 0 Å². The molecule has 0 aliphatic heterocycles. The zero-order valence-corrected chi connectivity index (χ0v) is 12.1. The van der Waals surface area contributed by atoms with E-state index in [4.69, 9.17) is 10.5 Å². The lowest BCUT2D eigenvalue weighted by Gasteiger charge is -2.30. The molecule has 1 saturated carbocycles. The smallest absolute Gasteiger partial charge is 0.240 e. The second kappa shape index (κ2) is 6.86. The van der Waals surface area contributed by atoms with Gasteiger partial charge in [0.05, 0.1) is 6.61 Å². The number of nitrogens with two attached hydrogens (primary N) is 1. The van der Waals surface area contributed by atoms with Gasteiger partial charge in [0.25, 0.3) is 0 Å². The first kappa shape index (κ1) is 15.0. The van der Waals surface area contributed by atoms with Crippen molar-refractivity contribution in [1.29, 1.82) is 0 Å². The number of carbonyl (C=O) groups excluding carboxylic acids is 1. The molecular formula is C16H24N2O2. The summed E-state index contributed by atoms with van der Waals surface area (Å²) in [7, 11) is 1.79. The Bertz CT molecular complexity index is 431. The highest BCUT2D eigenvalue weighted by Crippen LogP contribution is 2.39. The van der Waals surface area contributed by atoms with Crippen molar-refractivity contribution in [3.8, 4) is 0 Å². The fourth-order valence-electron chi connectivity index (χ4n) is 2.62. The summed E-state index contributed by atoms with van der Waals surface area (Å²) >= 11 is 0. The predicted molar refractivity (Wildman–Crippen MR) is 79.3 cm³/mol. The summed E-state index contributed by atoms with van der Waals surface area (Å²) in [5.74, 6) is 0.0321. The van der Waals surface area contributed by atoms with Crippen molar-refractivity contribution >= 4 is 5.91 Å². The molecule has 1 unspecified atom stereocenters. The molecule has 2 rings (SSSR count). The first-order valence-electron chi connectivity index (χ1n) is 7.29. The Kier molecular flexibility index (Phi) is 5.15. The van der Waals surface area contributed by atoms with Crippen molar-refractivity contribution in [3.63, 3.8) is 0 Å². The predicted octanol–water partition coefficient (Wildman–Crippen LogP) is 1.49. The molecule has 0 bridgehead atoms. The molecule has 1 aromatic carbocycles. The molecular weight excluding hydrogens is 252 g/mol. The molecule has 1 fully saturated rings. The first-order valence-corrected chi connectivity index (χ1v) is 7.29. The second-order valence-electron chi connectivity index (χ2n) is 5.50. The van der Waals surface area contributed by atoms with E-state index in [9.17, 15) is 4.79 Å². The fraction of sp³-hybridized carbons (Fsp3) is 0.562. The van der Waals surface area contributed by atoms with E-state index in [1.54, 1.807) is 7.05 Å². The molecule has 1 aliphatic carbocycles. The molecule has 4 heteroatoms. The molecule has 0 spiro atoms. The van der Waals surface area contributed by atoms with E-state index in [1.165, 1.54) is 5.56 Å². The van der Waals surface area contributed by atoms with Crippen LogP contribution in [0.1, 0.15) is 24.8 Å². The number of amides is 1. The number of likely N-dealkylation sites (N-methyl/N-ethyl adjacent to an activating group) is 1. The van der Waals surface area contributed by atoms with Gasteiger partial charge in [-0.1, -0.05) is 30.3 Å². The molecule has 1 amide bonds. The summed E-state index contributed by atoms with van der Waals surface area (Å²) in [5.41, 5.74) is 6.19. The standard InChI is InChI=1S/C16H24N2O2/c1-18-16(15(17)19,14-9-10-14)12-20-11-5-8-13-6-3-2-4-7-13/h2-4,6-7,14,18H,5,8-12H2,1H3,(H2,17,19). The zero-order chi connectivity index (χ0) is 14.4. The lowest BCUT2D eigenvalue weighted by molar-refractivity contribution is -0.128. The van der Waals surface area contributed by atoms with E-state index < -0.39 is 5.54 Å². The number of carbonyl (C=O) groups is 1. The minimum Gasteiger partial charge on any atom is -0.379 e. The maximum Gasteiger partial charge on any atom is 0.240 e. The van der Waals surface area contributed by atoms with Crippen molar-refractivity contribution in [2.75, 3.05) is 20.3 Å². The Morgan fingerprint density at radius 3 is 2.65 bits per heavy atom. The van der Waals surface area contributed by atoms with Gasteiger partial charge in [-0.2, -0.15) is 0 Å². The maximum absolute atomic E-state index is 11.7. The highest BCUT2D eigenvalue weighted by molar-refractivity contribution is 5.85. The van der Waals surface area contributed by atoms with E-state index >= 15 is 0 Å². The second-order valence-corrected chi connectivity index (χ2v) is 5.50. The average molecular weight is 276 g/mol. The Morgan fingerprint density at radius 1 is 1.40 bits per heavy atom. The maximum atomic E-state index is 11.7. The van der Waals surface area contributed by atoms with Gasteiger partial charge < -0.3 is 15.8 Å². The van der Waals surface area contributed by atoms with Gasteiger partial charge in [-0.05, 0) is 44.2 Å². The number of hydrogen-bond acceptors (Lipinski definition) is 3. The molecule has 0 saturated heterocycles. The lowest BCUT2D eigenvalue weighted by atomic mass is 9.93. The molecule has 1 atom stereocenters. The number of nitrogens with one attached hydrogen (secondary N) is 1. The summed E-state index contributed by atoms with van der Waals surface area (Å²) in [5, 5.41) is 3.09. The van der Waals surface area contributed by atoms with Crippen molar-refractivity contribution in [1.82, 2.24) is 5.32 Å². The molecule has 4 nitrogen and oxygen atoms in total. The van der Waals surface area contributed by atoms with Gasteiger partial charge >= 0.3 is 0 Å². The Labute approximate surface area is 120 Å². The summed E-state index contributed by atoms with van der Waals surface area (Å²) in [6.07, 6.45) is 4.05. The van der Waals surface area contributed by atoms with E-state index in [0.717, 1.165) is 25.7 Å². The number of hydrogen-bond donors (Lipinski definition) is 2. The summed E-state index contributed by atoms with van der Waals surface area (Å²) < 4.78 is 5.71. The Balaban J connectivity index is 1.73. The van der Waals surface area contributed by atoms with Crippen LogP contribution in [0.3, 0.4) is 0 Å².